The van der Waals surface area contributed by atoms with Crippen LogP contribution in [0, 0.1) is 6.92 Å². The predicted octanol–water partition coefficient (Wildman–Crippen LogP) is 5.47. The van der Waals surface area contributed by atoms with Gasteiger partial charge in [-0.3, -0.25) is 0 Å². The maximum Gasteiger partial charge on any atom is 0.0574 e. The normalized spacial score (nSPS) is 14.0. The summed E-state index contributed by atoms with van der Waals surface area (Å²) in [6.45, 7) is 6.57. The Hall–Kier alpha value is -1.31. The third-order valence-electron chi connectivity index (χ3n) is 4.14. The molecule has 2 aromatic rings. The largest absolute Gasteiger partial charge is 0.309 e. The van der Waals surface area contributed by atoms with E-state index in [1.54, 1.807) is 0 Å². The van der Waals surface area contributed by atoms with Gasteiger partial charge < -0.3 is 5.32 Å². The Balaban J connectivity index is 2.32. The molecular weight excluding hydrogens is 278 g/mol. The van der Waals surface area contributed by atoms with Crippen LogP contribution in [-0.4, -0.2) is 7.05 Å². The smallest absolute Gasteiger partial charge is 0.0574 e. The lowest BCUT2D eigenvalue weighted by atomic mass is 9.93. The number of rotatable bonds is 5. The van der Waals surface area contributed by atoms with Crippen molar-refractivity contribution in [2.75, 3.05) is 7.05 Å². The van der Waals surface area contributed by atoms with Gasteiger partial charge in [-0.15, -0.1) is 0 Å². The third kappa shape index (κ3) is 3.87. The topological polar surface area (TPSA) is 12.0 Å². The minimum atomic E-state index is 0.174. The van der Waals surface area contributed by atoms with Crippen molar-refractivity contribution in [2.45, 2.75) is 39.2 Å². The molecule has 0 aliphatic rings. The highest BCUT2D eigenvalue weighted by atomic mass is 35.5. The van der Waals surface area contributed by atoms with Gasteiger partial charge >= 0.3 is 0 Å². The molecule has 0 saturated heterocycles. The first-order chi connectivity index (χ1) is 10.0. The van der Waals surface area contributed by atoms with Crippen molar-refractivity contribution in [3.63, 3.8) is 0 Å². The zero-order chi connectivity index (χ0) is 15.4. The van der Waals surface area contributed by atoms with Crippen LogP contribution < -0.4 is 5.32 Å². The molecule has 1 nitrogen and oxygen atoms in total. The molecule has 2 atom stereocenters. The van der Waals surface area contributed by atoms with E-state index in [9.17, 15) is 0 Å². The van der Waals surface area contributed by atoms with Crippen LogP contribution in [0.1, 0.15) is 54.5 Å². The van der Waals surface area contributed by atoms with Crippen molar-refractivity contribution in [3.05, 3.63) is 69.7 Å². The summed E-state index contributed by atoms with van der Waals surface area (Å²) in [4.78, 5) is 0. The molecule has 0 spiro atoms. The number of halogens is 1. The van der Waals surface area contributed by atoms with E-state index in [4.69, 9.17) is 11.6 Å². The molecule has 2 rings (SSSR count). The van der Waals surface area contributed by atoms with Crippen LogP contribution >= 0.6 is 11.6 Å². The molecule has 0 heterocycles. The van der Waals surface area contributed by atoms with E-state index in [1.165, 1.54) is 28.7 Å². The molecule has 2 unspecified atom stereocenters. The fourth-order valence-corrected chi connectivity index (χ4v) is 3.01. The van der Waals surface area contributed by atoms with E-state index in [1.807, 2.05) is 19.2 Å². The zero-order valence-electron chi connectivity index (χ0n) is 13.3. The monoisotopic (exact) mass is 301 g/mol. The fraction of sp³-hybridized carbons (Fsp3) is 0.368. The molecule has 0 aliphatic heterocycles. The van der Waals surface area contributed by atoms with Crippen molar-refractivity contribution in [3.8, 4) is 0 Å². The SMILES string of the molecule is CCC(C)c1ccc(C(NC)c2cc(C)cc(Cl)c2)cc1. The van der Waals surface area contributed by atoms with Crippen molar-refractivity contribution in [1.29, 1.82) is 0 Å². The maximum absolute atomic E-state index is 6.20. The van der Waals surface area contributed by atoms with Gasteiger partial charge in [0.15, 0.2) is 0 Å². The Bertz CT molecular complexity index is 569. The Labute approximate surface area is 133 Å². The lowest BCUT2D eigenvalue weighted by molar-refractivity contribution is 0.688. The molecule has 0 amide bonds. The summed E-state index contributed by atoms with van der Waals surface area (Å²) in [5.74, 6) is 0.612. The summed E-state index contributed by atoms with van der Waals surface area (Å²) in [6, 6.07) is 15.3. The van der Waals surface area contributed by atoms with Gasteiger partial charge in [-0.1, -0.05) is 55.8 Å². The van der Waals surface area contributed by atoms with E-state index >= 15 is 0 Å². The number of aryl methyl sites for hydroxylation is 1. The van der Waals surface area contributed by atoms with Crippen molar-refractivity contribution >= 4 is 11.6 Å². The lowest BCUT2D eigenvalue weighted by Crippen LogP contribution is -2.17. The number of hydrogen-bond acceptors (Lipinski definition) is 1. The van der Waals surface area contributed by atoms with E-state index < -0.39 is 0 Å². The molecule has 1 N–H and O–H groups in total. The fourth-order valence-electron chi connectivity index (χ4n) is 2.71. The quantitative estimate of drug-likeness (QED) is 0.772. The Morgan fingerprint density at radius 2 is 1.62 bits per heavy atom. The molecule has 21 heavy (non-hydrogen) atoms. The van der Waals surface area contributed by atoms with Crippen molar-refractivity contribution in [2.24, 2.45) is 0 Å². The molecule has 0 bridgehead atoms. The number of hydrogen-bond donors (Lipinski definition) is 1. The highest BCUT2D eigenvalue weighted by Crippen LogP contribution is 2.27. The van der Waals surface area contributed by atoms with Crippen molar-refractivity contribution < 1.29 is 0 Å². The zero-order valence-corrected chi connectivity index (χ0v) is 14.0. The first kappa shape index (κ1) is 16.1. The maximum atomic E-state index is 6.20. The summed E-state index contributed by atoms with van der Waals surface area (Å²) >= 11 is 6.20. The summed E-state index contributed by atoms with van der Waals surface area (Å²) in [6.07, 6.45) is 1.17. The van der Waals surface area contributed by atoms with Crippen LogP contribution in [0.4, 0.5) is 0 Å². The molecule has 0 fully saturated rings. The van der Waals surface area contributed by atoms with E-state index in [-0.39, 0.29) is 6.04 Å². The molecule has 2 heteroatoms. The van der Waals surface area contributed by atoms with Crippen LogP contribution in [-0.2, 0) is 0 Å². The first-order valence-electron chi connectivity index (χ1n) is 7.59. The standard InChI is InChI=1S/C19H24ClN/c1-5-14(3)15-6-8-16(9-7-15)19(21-4)17-10-13(2)11-18(20)12-17/h6-12,14,19,21H,5H2,1-4H3. The van der Waals surface area contributed by atoms with E-state index in [0.717, 1.165) is 5.02 Å². The molecule has 0 aliphatic carbocycles. The van der Waals surface area contributed by atoms with Crippen LogP contribution in [0.5, 0.6) is 0 Å². The van der Waals surface area contributed by atoms with Gasteiger partial charge in [0.2, 0.25) is 0 Å². The summed E-state index contributed by atoms with van der Waals surface area (Å²) in [5.41, 5.74) is 5.07. The van der Waals surface area contributed by atoms with Gasteiger partial charge in [-0.2, -0.15) is 0 Å². The summed E-state index contributed by atoms with van der Waals surface area (Å²) in [7, 11) is 1.99. The molecular formula is C19H24ClN. The second-order valence-electron chi connectivity index (χ2n) is 5.76. The average molecular weight is 302 g/mol. The van der Waals surface area contributed by atoms with Crippen molar-refractivity contribution in [1.82, 2.24) is 5.32 Å². The van der Waals surface area contributed by atoms with Gasteiger partial charge in [0.1, 0.15) is 0 Å². The van der Waals surface area contributed by atoms with Gasteiger partial charge in [0, 0.05) is 5.02 Å². The minimum Gasteiger partial charge on any atom is -0.309 e. The number of nitrogens with one attached hydrogen (secondary N) is 1. The number of benzene rings is 2. The van der Waals surface area contributed by atoms with Gasteiger partial charge in [0.05, 0.1) is 6.04 Å². The van der Waals surface area contributed by atoms with Gasteiger partial charge in [-0.25, -0.2) is 0 Å². The van der Waals surface area contributed by atoms with Crippen LogP contribution in [0.15, 0.2) is 42.5 Å². The Morgan fingerprint density at radius 3 is 2.14 bits per heavy atom. The van der Waals surface area contributed by atoms with Crippen LogP contribution in [0.25, 0.3) is 0 Å². The predicted molar refractivity (Wildman–Crippen MR) is 92.2 cm³/mol. The van der Waals surface area contributed by atoms with Gasteiger partial charge in [0.25, 0.3) is 0 Å². The molecule has 0 saturated carbocycles. The molecule has 2 aromatic carbocycles. The Morgan fingerprint density at radius 1 is 1.00 bits per heavy atom. The molecule has 0 radical (unpaired) electrons. The van der Waals surface area contributed by atoms with E-state index in [0.29, 0.717) is 5.92 Å². The van der Waals surface area contributed by atoms with Crippen LogP contribution in [0.3, 0.4) is 0 Å². The van der Waals surface area contributed by atoms with Gasteiger partial charge in [-0.05, 0) is 60.7 Å². The molecule has 112 valence electrons. The lowest BCUT2D eigenvalue weighted by Gasteiger charge is -2.19. The third-order valence-corrected chi connectivity index (χ3v) is 4.36. The summed E-state index contributed by atoms with van der Waals surface area (Å²) < 4.78 is 0. The second-order valence-corrected chi connectivity index (χ2v) is 6.20. The van der Waals surface area contributed by atoms with E-state index in [2.05, 4.69) is 56.4 Å². The van der Waals surface area contributed by atoms with Crippen LogP contribution in [0.2, 0.25) is 5.02 Å². The highest BCUT2D eigenvalue weighted by Gasteiger charge is 2.13. The second kappa shape index (κ2) is 7.11. The highest BCUT2D eigenvalue weighted by molar-refractivity contribution is 6.30. The molecule has 0 aromatic heterocycles. The summed E-state index contributed by atoms with van der Waals surface area (Å²) in [5, 5.41) is 4.19. The first-order valence-corrected chi connectivity index (χ1v) is 7.97. The Kier molecular flexibility index (Phi) is 5.44. The minimum absolute atomic E-state index is 0.174. The average Bonchev–Trinajstić information content (AvgIpc) is 2.47.